The number of likely N-dealkylation sites (tertiary alicyclic amines) is 1. The Labute approximate surface area is 161 Å². The standard InChI is InChI=1S/C18H30BF2NO3S/c1-7-12-8-13(26-6)15(11(2)25-16(24)17(3,4)5)22(10-12)14(23)9-18(19,20)21/h11-13,15H,7-10H2,1-6H3/t11?,12?,13-,15?/m1/s1. The van der Waals surface area contributed by atoms with E-state index in [4.69, 9.17) is 12.6 Å². The molecule has 1 fully saturated rings. The van der Waals surface area contributed by atoms with Crippen LogP contribution in [-0.2, 0) is 14.3 Å². The summed E-state index contributed by atoms with van der Waals surface area (Å²) in [6, 6.07) is -0.450. The molecular weight excluding hydrogens is 359 g/mol. The van der Waals surface area contributed by atoms with Gasteiger partial charge in [-0.25, -0.2) is 8.78 Å². The molecule has 4 atom stereocenters. The van der Waals surface area contributed by atoms with Crippen molar-refractivity contribution in [3.8, 4) is 0 Å². The van der Waals surface area contributed by atoms with Crippen molar-refractivity contribution in [1.82, 2.24) is 4.90 Å². The second-order valence-corrected chi connectivity index (χ2v) is 9.20. The number of thioether (sulfide) groups is 1. The molecule has 0 saturated carbocycles. The predicted molar refractivity (Wildman–Crippen MR) is 102 cm³/mol. The van der Waals surface area contributed by atoms with Crippen molar-refractivity contribution in [2.24, 2.45) is 11.3 Å². The number of rotatable bonds is 6. The highest BCUT2D eigenvalue weighted by molar-refractivity contribution is 7.99. The van der Waals surface area contributed by atoms with Gasteiger partial charge in [0.2, 0.25) is 11.7 Å². The molecule has 0 bridgehead atoms. The number of halogens is 2. The third-order valence-electron chi connectivity index (χ3n) is 4.73. The number of carbonyl (C=O) groups excluding carboxylic acids is 2. The van der Waals surface area contributed by atoms with Crippen molar-refractivity contribution in [2.45, 2.75) is 77.1 Å². The minimum Gasteiger partial charge on any atom is -0.460 e. The van der Waals surface area contributed by atoms with Gasteiger partial charge in [-0.05, 0) is 46.3 Å². The van der Waals surface area contributed by atoms with E-state index in [1.807, 2.05) is 13.2 Å². The van der Waals surface area contributed by atoms with E-state index in [0.29, 0.717) is 6.54 Å². The van der Waals surface area contributed by atoms with E-state index in [-0.39, 0.29) is 17.1 Å². The van der Waals surface area contributed by atoms with Crippen LogP contribution >= 0.6 is 11.8 Å². The summed E-state index contributed by atoms with van der Waals surface area (Å²) < 4.78 is 32.0. The number of esters is 1. The van der Waals surface area contributed by atoms with Crippen molar-refractivity contribution < 1.29 is 23.1 Å². The summed E-state index contributed by atoms with van der Waals surface area (Å²) in [5.74, 6) is -4.40. The first-order valence-electron chi connectivity index (χ1n) is 9.00. The second kappa shape index (κ2) is 8.94. The topological polar surface area (TPSA) is 46.6 Å². The van der Waals surface area contributed by atoms with Crippen LogP contribution in [0.2, 0.25) is 0 Å². The fourth-order valence-electron chi connectivity index (χ4n) is 3.22. The van der Waals surface area contributed by atoms with Crippen LogP contribution in [0.25, 0.3) is 0 Å². The molecule has 0 aliphatic carbocycles. The lowest BCUT2D eigenvalue weighted by Gasteiger charge is -2.46. The van der Waals surface area contributed by atoms with Gasteiger partial charge in [0.15, 0.2) is 7.85 Å². The van der Waals surface area contributed by atoms with Crippen LogP contribution < -0.4 is 0 Å². The molecule has 1 amide bonds. The third-order valence-corrected chi connectivity index (χ3v) is 5.81. The summed E-state index contributed by atoms with van der Waals surface area (Å²) in [5, 5.41) is 0.00631. The number of ether oxygens (including phenoxy) is 1. The van der Waals surface area contributed by atoms with E-state index in [1.165, 1.54) is 4.90 Å². The van der Waals surface area contributed by atoms with E-state index < -0.39 is 35.7 Å². The molecule has 1 aliphatic heterocycles. The maximum atomic E-state index is 13.2. The Morgan fingerprint density at radius 1 is 1.35 bits per heavy atom. The fraction of sp³-hybridized carbons (Fsp3) is 0.889. The Kier molecular flexibility index (Phi) is 7.99. The summed E-state index contributed by atoms with van der Waals surface area (Å²) in [6.07, 6.45) is 1.99. The van der Waals surface area contributed by atoms with E-state index >= 15 is 0 Å². The van der Waals surface area contributed by atoms with E-state index in [0.717, 1.165) is 12.8 Å². The highest BCUT2D eigenvalue weighted by Crippen LogP contribution is 2.35. The average molecular weight is 389 g/mol. The first-order valence-corrected chi connectivity index (χ1v) is 10.3. The predicted octanol–water partition coefficient (Wildman–Crippen LogP) is 3.47. The zero-order valence-corrected chi connectivity index (χ0v) is 17.4. The molecule has 1 saturated heterocycles. The monoisotopic (exact) mass is 389 g/mol. The van der Waals surface area contributed by atoms with Gasteiger partial charge in [-0.3, -0.25) is 9.59 Å². The van der Waals surface area contributed by atoms with Gasteiger partial charge in [0.1, 0.15) is 6.10 Å². The Hall–Kier alpha value is -0.785. The molecule has 0 aromatic rings. The van der Waals surface area contributed by atoms with Crippen molar-refractivity contribution in [3.05, 3.63) is 0 Å². The summed E-state index contributed by atoms with van der Waals surface area (Å²) in [4.78, 5) is 26.3. The van der Waals surface area contributed by atoms with Crippen molar-refractivity contribution >= 4 is 31.5 Å². The molecule has 1 heterocycles. The van der Waals surface area contributed by atoms with E-state index in [1.54, 1.807) is 39.5 Å². The summed E-state index contributed by atoms with van der Waals surface area (Å²) in [6.45, 7) is 9.38. The lowest BCUT2D eigenvalue weighted by atomic mass is 9.86. The van der Waals surface area contributed by atoms with Crippen LogP contribution in [0.15, 0.2) is 0 Å². The first-order chi connectivity index (χ1) is 11.8. The summed E-state index contributed by atoms with van der Waals surface area (Å²) >= 11 is 1.57. The maximum Gasteiger partial charge on any atom is 0.311 e. The number of piperidine rings is 1. The SMILES string of the molecule is [B]C(F)(F)CC(=O)N1CC(CC)C[C@@H](SC)C1C(C)OC(=O)C(C)(C)C. The number of hydrogen-bond donors (Lipinski definition) is 0. The van der Waals surface area contributed by atoms with Gasteiger partial charge < -0.3 is 9.64 Å². The lowest BCUT2D eigenvalue weighted by molar-refractivity contribution is -0.165. The highest BCUT2D eigenvalue weighted by atomic mass is 32.2. The fourth-order valence-corrected chi connectivity index (χ4v) is 4.33. The Morgan fingerprint density at radius 3 is 2.35 bits per heavy atom. The quantitative estimate of drug-likeness (QED) is 0.516. The molecule has 0 spiro atoms. The highest BCUT2D eigenvalue weighted by Gasteiger charge is 2.44. The second-order valence-electron chi connectivity index (χ2n) is 8.12. The van der Waals surface area contributed by atoms with Crippen molar-refractivity contribution in [1.29, 1.82) is 0 Å². The maximum absolute atomic E-state index is 13.2. The van der Waals surface area contributed by atoms with Crippen LogP contribution in [0.1, 0.15) is 53.9 Å². The molecule has 0 aromatic carbocycles. The molecule has 1 rings (SSSR count). The van der Waals surface area contributed by atoms with Gasteiger partial charge in [0, 0.05) is 11.8 Å². The molecule has 1 aliphatic rings. The molecular formula is C18H30BF2NO3S. The van der Waals surface area contributed by atoms with Crippen molar-refractivity contribution in [3.63, 3.8) is 0 Å². The molecule has 8 heteroatoms. The number of carbonyl (C=O) groups is 2. The van der Waals surface area contributed by atoms with Crippen LogP contribution in [0.5, 0.6) is 0 Å². The molecule has 0 aromatic heterocycles. The van der Waals surface area contributed by atoms with Gasteiger partial charge >= 0.3 is 5.97 Å². The Bertz CT molecular complexity index is 508. The van der Waals surface area contributed by atoms with Crippen LogP contribution in [0, 0.1) is 11.3 Å². The van der Waals surface area contributed by atoms with Crippen LogP contribution in [0.3, 0.4) is 0 Å². The normalized spacial score (nSPS) is 25.7. The zero-order valence-electron chi connectivity index (χ0n) is 16.6. The molecule has 3 unspecified atom stereocenters. The molecule has 26 heavy (non-hydrogen) atoms. The number of nitrogens with zero attached hydrogens (tertiary/aromatic N) is 1. The van der Waals surface area contributed by atoms with E-state index in [9.17, 15) is 18.4 Å². The molecule has 2 radical (unpaired) electrons. The number of amides is 1. The minimum absolute atomic E-state index is 0.00631. The van der Waals surface area contributed by atoms with Gasteiger partial charge in [-0.15, -0.1) is 0 Å². The first kappa shape index (κ1) is 23.3. The Morgan fingerprint density at radius 2 is 1.92 bits per heavy atom. The van der Waals surface area contributed by atoms with E-state index in [2.05, 4.69) is 0 Å². The smallest absolute Gasteiger partial charge is 0.311 e. The van der Waals surface area contributed by atoms with Gasteiger partial charge in [-0.1, -0.05) is 13.3 Å². The zero-order chi connectivity index (χ0) is 20.3. The molecule has 148 valence electrons. The Balaban J connectivity index is 3.09. The summed E-state index contributed by atoms with van der Waals surface area (Å²) in [5.41, 5.74) is -0.678. The number of hydrogen-bond acceptors (Lipinski definition) is 4. The lowest BCUT2D eigenvalue weighted by Crippen LogP contribution is -2.59. The minimum atomic E-state index is -3.55. The van der Waals surface area contributed by atoms with Gasteiger partial charge in [0.05, 0.1) is 17.9 Å². The van der Waals surface area contributed by atoms with Crippen molar-refractivity contribution in [2.75, 3.05) is 12.8 Å². The largest absolute Gasteiger partial charge is 0.460 e. The van der Waals surface area contributed by atoms with Gasteiger partial charge in [0.25, 0.3) is 0 Å². The average Bonchev–Trinajstić information content (AvgIpc) is 2.50. The molecule has 4 nitrogen and oxygen atoms in total. The third kappa shape index (κ3) is 6.43. The summed E-state index contributed by atoms with van der Waals surface area (Å²) in [7, 11) is 4.77. The van der Waals surface area contributed by atoms with Crippen LogP contribution in [0.4, 0.5) is 8.78 Å². The number of alkyl halides is 2. The molecule has 0 N–H and O–H groups in total. The van der Waals surface area contributed by atoms with Gasteiger partial charge in [-0.2, -0.15) is 11.8 Å². The van der Waals surface area contributed by atoms with Crippen LogP contribution in [-0.4, -0.2) is 60.6 Å².